The highest BCUT2D eigenvalue weighted by Crippen LogP contribution is 2.27. The van der Waals surface area contributed by atoms with Gasteiger partial charge in [-0.3, -0.25) is 0 Å². The summed E-state index contributed by atoms with van der Waals surface area (Å²) in [5, 5.41) is 2.90. The summed E-state index contributed by atoms with van der Waals surface area (Å²) in [6, 6.07) is 8.01. The van der Waals surface area contributed by atoms with Crippen LogP contribution < -0.4 is 15.8 Å². The van der Waals surface area contributed by atoms with Gasteiger partial charge in [-0.25, -0.2) is 4.39 Å². The second kappa shape index (κ2) is 6.43. The third-order valence-corrected chi connectivity index (χ3v) is 2.84. The lowest BCUT2D eigenvalue weighted by atomic mass is 10.3. The molecule has 0 aliphatic heterocycles. The second-order valence-corrected chi connectivity index (χ2v) is 4.57. The number of ether oxygens (including phenoxy) is 1. The SMILES string of the molecule is CCCOc1nc(Nc2cccc(Cl)c2F)ccc1N. The lowest BCUT2D eigenvalue weighted by Gasteiger charge is -2.11. The Hall–Kier alpha value is -2.01. The minimum Gasteiger partial charge on any atom is -0.476 e. The molecule has 0 aliphatic carbocycles. The van der Waals surface area contributed by atoms with Crippen LogP contribution >= 0.6 is 11.6 Å². The predicted octanol–water partition coefficient (Wildman–Crippen LogP) is 3.99. The Morgan fingerprint density at radius 1 is 1.35 bits per heavy atom. The molecule has 2 aromatic rings. The smallest absolute Gasteiger partial charge is 0.239 e. The van der Waals surface area contributed by atoms with E-state index in [0.29, 0.717) is 24.0 Å². The van der Waals surface area contributed by atoms with Crippen molar-refractivity contribution in [3.63, 3.8) is 0 Å². The molecule has 6 heteroatoms. The van der Waals surface area contributed by atoms with Crippen LogP contribution in [0.1, 0.15) is 13.3 Å². The summed E-state index contributed by atoms with van der Waals surface area (Å²) in [5.41, 5.74) is 6.45. The van der Waals surface area contributed by atoms with E-state index in [1.165, 1.54) is 6.07 Å². The van der Waals surface area contributed by atoms with Crippen LogP contribution in [0.4, 0.5) is 21.6 Å². The summed E-state index contributed by atoms with van der Waals surface area (Å²) in [4.78, 5) is 4.21. The van der Waals surface area contributed by atoms with Crippen LogP contribution in [0.3, 0.4) is 0 Å². The van der Waals surface area contributed by atoms with Crippen LogP contribution in [0.5, 0.6) is 5.88 Å². The number of nitrogen functional groups attached to an aromatic ring is 1. The topological polar surface area (TPSA) is 60.2 Å². The number of rotatable bonds is 5. The maximum atomic E-state index is 13.8. The molecule has 0 spiro atoms. The molecule has 0 aliphatic rings. The lowest BCUT2D eigenvalue weighted by molar-refractivity contribution is 0.307. The number of anilines is 3. The minimum atomic E-state index is -0.524. The van der Waals surface area contributed by atoms with Crippen LogP contribution in [-0.4, -0.2) is 11.6 Å². The van der Waals surface area contributed by atoms with Crippen LogP contribution in [0.25, 0.3) is 0 Å². The Morgan fingerprint density at radius 3 is 2.90 bits per heavy atom. The normalized spacial score (nSPS) is 10.3. The maximum absolute atomic E-state index is 13.8. The molecule has 1 aromatic heterocycles. The third-order valence-electron chi connectivity index (χ3n) is 2.55. The fraction of sp³-hybridized carbons (Fsp3) is 0.214. The molecule has 2 rings (SSSR count). The van der Waals surface area contributed by atoms with Crippen LogP contribution in [0.15, 0.2) is 30.3 Å². The van der Waals surface area contributed by atoms with Gasteiger partial charge in [0.25, 0.3) is 0 Å². The summed E-state index contributed by atoms with van der Waals surface area (Å²) in [5.74, 6) is 0.245. The number of nitrogens with zero attached hydrogens (tertiary/aromatic N) is 1. The number of halogens is 2. The number of nitrogens with two attached hydrogens (primary N) is 1. The first-order valence-corrected chi connectivity index (χ1v) is 6.60. The predicted molar refractivity (Wildman–Crippen MR) is 79.1 cm³/mol. The molecule has 0 atom stereocenters. The summed E-state index contributed by atoms with van der Waals surface area (Å²) >= 11 is 5.72. The molecule has 3 N–H and O–H groups in total. The number of hydrogen-bond donors (Lipinski definition) is 2. The van der Waals surface area contributed by atoms with Crippen molar-refractivity contribution in [1.82, 2.24) is 4.98 Å². The highest BCUT2D eigenvalue weighted by molar-refractivity contribution is 6.31. The van der Waals surface area contributed by atoms with Crippen molar-refractivity contribution in [3.05, 3.63) is 41.2 Å². The van der Waals surface area contributed by atoms with E-state index >= 15 is 0 Å². The molecule has 0 fully saturated rings. The van der Waals surface area contributed by atoms with Gasteiger partial charge in [0.05, 0.1) is 23.0 Å². The van der Waals surface area contributed by atoms with E-state index in [1.807, 2.05) is 6.92 Å². The van der Waals surface area contributed by atoms with Crippen molar-refractivity contribution in [1.29, 1.82) is 0 Å². The molecule has 4 nitrogen and oxygen atoms in total. The van der Waals surface area contributed by atoms with E-state index in [2.05, 4.69) is 10.3 Å². The standard InChI is InChI=1S/C14H15ClFN3O/c1-2-8-20-14-10(17)6-7-12(19-14)18-11-5-3-4-9(15)13(11)16/h3-7H,2,8,17H2,1H3,(H,18,19). The van der Waals surface area contributed by atoms with Gasteiger partial charge >= 0.3 is 0 Å². The maximum Gasteiger partial charge on any atom is 0.239 e. The molecule has 0 radical (unpaired) electrons. The highest BCUT2D eigenvalue weighted by atomic mass is 35.5. The van der Waals surface area contributed by atoms with Crippen molar-refractivity contribution in [3.8, 4) is 5.88 Å². The molecule has 0 bridgehead atoms. The number of benzene rings is 1. The average Bonchev–Trinajstić information content (AvgIpc) is 2.44. The number of nitrogens with one attached hydrogen (secondary N) is 1. The zero-order valence-corrected chi connectivity index (χ0v) is 11.7. The van der Waals surface area contributed by atoms with E-state index in [9.17, 15) is 4.39 Å². The van der Waals surface area contributed by atoms with Gasteiger partial charge in [0, 0.05) is 0 Å². The van der Waals surface area contributed by atoms with E-state index in [4.69, 9.17) is 22.1 Å². The van der Waals surface area contributed by atoms with Crippen LogP contribution in [0.2, 0.25) is 5.02 Å². The molecule has 0 saturated carbocycles. The molecule has 0 saturated heterocycles. The molecule has 20 heavy (non-hydrogen) atoms. The van der Waals surface area contributed by atoms with Crippen molar-refractivity contribution in [2.45, 2.75) is 13.3 Å². The number of pyridine rings is 1. The molecular formula is C14H15ClFN3O. The molecule has 1 aromatic carbocycles. The van der Waals surface area contributed by atoms with Gasteiger partial charge in [0.1, 0.15) is 5.82 Å². The Bertz CT molecular complexity index is 607. The Labute approximate surface area is 121 Å². The molecular weight excluding hydrogens is 281 g/mol. The van der Waals surface area contributed by atoms with Gasteiger partial charge in [0.2, 0.25) is 5.88 Å². The van der Waals surface area contributed by atoms with E-state index < -0.39 is 5.82 Å². The monoisotopic (exact) mass is 295 g/mol. The van der Waals surface area contributed by atoms with Gasteiger partial charge < -0.3 is 15.8 Å². The quantitative estimate of drug-likeness (QED) is 0.875. The van der Waals surface area contributed by atoms with E-state index in [-0.39, 0.29) is 10.7 Å². The lowest BCUT2D eigenvalue weighted by Crippen LogP contribution is -2.04. The number of aromatic nitrogens is 1. The van der Waals surface area contributed by atoms with Gasteiger partial charge in [0.15, 0.2) is 5.82 Å². The zero-order valence-electron chi connectivity index (χ0n) is 11.0. The highest BCUT2D eigenvalue weighted by Gasteiger charge is 2.09. The Balaban J connectivity index is 2.23. The molecule has 0 unspecified atom stereocenters. The largest absolute Gasteiger partial charge is 0.476 e. The molecule has 0 amide bonds. The van der Waals surface area contributed by atoms with E-state index in [0.717, 1.165) is 6.42 Å². The fourth-order valence-electron chi connectivity index (χ4n) is 1.57. The van der Waals surface area contributed by atoms with Crippen molar-refractivity contribution in [2.24, 2.45) is 0 Å². The van der Waals surface area contributed by atoms with Gasteiger partial charge in [-0.05, 0) is 30.7 Å². The average molecular weight is 296 g/mol. The van der Waals surface area contributed by atoms with Crippen molar-refractivity contribution in [2.75, 3.05) is 17.7 Å². The number of hydrogen-bond acceptors (Lipinski definition) is 4. The van der Waals surface area contributed by atoms with Crippen LogP contribution in [-0.2, 0) is 0 Å². The minimum absolute atomic E-state index is 0.0490. The van der Waals surface area contributed by atoms with Crippen molar-refractivity contribution < 1.29 is 9.13 Å². The summed E-state index contributed by atoms with van der Waals surface area (Å²) < 4.78 is 19.2. The first-order chi connectivity index (χ1) is 9.61. The first kappa shape index (κ1) is 14.4. The molecule has 106 valence electrons. The summed E-state index contributed by atoms with van der Waals surface area (Å²) in [7, 11) is 0. The van der Waals surface area contributed by atoms with Gasteiger partial charge in [-0.15, -0.1) is 0 Å². The second-order valence-electron chi connectivity index (χ2n) is 4.17. The Kier molecular flexibility index (Phi) is 4.63. The third kappa shape index (κ3) is 3.30. The van der Waals surface area contributed by atoms with Gasteiger partial charge in [-0.2, -0.15) is 4.98 Å². The molecule has 1 heterocycles. The zero-order chi connectivity index (χ0) is 14.5. The Morgan fingerprint density at radius 2 is 2.15 bits per heavy atom. The fourth-order valence-corrected chi connectivity index (χ4v) is 1.75. The summed E-state index contributed by atoms with van der Waals surface area (Å²) in [6.07, 6.45) is 0.849. The first-order valence-electron chi connectivity index (χ1n) is 6.22. The van der Waals surface area contributed by atoms with Crippen LogP contribution in [0, 0.1) is 5.82 Å². The van der Waals surface area contributed by atoms with E-state index in [1.54, 1.807) is 24.3 Å². The van der Waals surface area contributed by atoms with Crippen molar-refractivity contribution >= 4 is 28.8 Å². The van der Waals surface area contributed by atoms with Gasteiger partial charge in [-0.1, -0.05) is 24.6 Å². The summed E-state index contributed by atoms with van der Waals surface area (Å²) in [6.45, 7) is 2.51.